The summed E-state index contributed by atoms with van der Waals surface area (Å²) in [4.78, 5) is 30.2. The van der Waals surface area contributed by atoms with E-state index in [0.717, 1.165) is 10.3 Å². The Morgan fingerprint density at radius 1 is 1.28 bits per heavy atom. The minimum atomic E-state index is -0.681. The van der Waals surface area contributed by atoms with Crippen molar-refractivity contribution >= 4 is 5.82 Å². The highest BCUT2D eigenvalue weighted by Gasteiger charge is 2.09. The summed E-state index contributed by atoms with van der Waals surface area (Å²) in [6.07, 6.45) is 0. The van der Waals surface area contributed by atoms with Gasteiger partial charge < -0.3 is 10.6 Å². The molecule has 6 heteroatoms. The maximum Gasteiger partial charge on any atom is 0.363 e. The summed E-state index contributed by atoms with van der Waals surface area (Å²) >= 11 is 0. The number of rotatable bonds is 3. The predicted octanol–water partition coefficient (Wildman–Crippen LogP) is 0.0560. The molecule has 0 spiro atoms. The van der Waals surface area contributed by atoms with Crippen LogP contribution in [0.1, 0.15) is 11.1 Å². The van der Waals surface area contributed by atoms with E-state index < -0.39 is 11.2 Å². The zero-order chi connectivity index (χ0) is 13.1. The van der Waals surface area contributed by atoms with Gasteiger partial charge in [-0.05, 0) is 12.5 Å². The summed E-state index contributed by atoms with van der Waals surface area (Å²) in [5.74, 6) is 0.0136. The van der Waals surface area contributed by atoms with Crippen LogP contribution in [0.2, 0.25) is 0 Å². The van der Waals surface area contributed by atoms with E-state index in [2.05, 4.69) is 4.98 Å². The lowest BCUT2D eigenvalue weighted by molar-refractivity contribution is 0.0902. The van der Waals surface area contributed by atoms with Gasteiger partial charge in [0.05, 0.1) is 5.56 Å². The Kier molecular flexibility index (Phi) is 3.18. The molecule has 3 N–H and O–H groups in total. The molecule has 0 unspecified atom stereocenters. The quantitative estimate of drug-likeness (QED) is 0.802. The third-order valence-corrected chi connectivity index (χ3v) is 2.55. The van der Waals surface area contributed by atoms with Crippen molar-refractivity contribution in [3.8, 4) is 0 Å². The minimum absolute atomic E-state index is 0.0136. The van der Waals surface area contributed by atoms with Crippen molar-refractivity contribution in [1.82, 2.24) is 9.71 Å². The van der Waals surface area contributed by atoms with Crippen molar-refractivity contribution in [3.05, 3.63) is 62.3 Å². The average Bonchev–Trinajstić information content (AvgIpc) is 2.37. The largest absolute Gasteiger partial charge is 0.403 e. The fraction of sp³-hybridized carbons (Fsp3) is 0.167. The van der Waals surface area contributed by atoms with Crippen molar-refractivity contribution in [2.75, 3.05) is 5.73 Å². The lowest BCUT2D eigenvalue weighted by atomic mass is 10.2. The Hall–Kier alpha value is -2.50. The van der Waals surface area contributed by atoms with Gasteiger partial charge in [0, 0.05) is 0 Å². The van der Waals surface area contributed by atoms with Crippen molar-refractivity contribution in [1.29, 1.82) is 0 Å². The number of hydrogen-bond acceptors (Lipinski definition) is 4. The van der Waals surface area contributed by atoms with Crippen LogP contribution in [0.3, 0.4) is 0 Å². The van der Waals surface area contributed by atoms with Crippen molar-refractivity contribution < 1.29 is 4.84 Å². The second kappa shape index (κ2) is 4.79. The molecule has 0 saturated heterocycles. The van der Waals surface area contributed by atoms with E-state index in [0.29, 0.717) is 0 Å². The molecule has 1 aromatic carbocycles. The van der Waals surface area contributed by atoms with Crippen LogP contribution in [-0.2, 0) is 6.61 Å². The first-order valence-electron chi connectivity index (χ1n) is 5.38. The lowest BCUT2D eigenvalue weighted by Crippen LogP contribution is -2.37. The molecule has 0 atom stereocenters. The van der Waals surface area contributed by atoms with E-state index in [4.69, 9.17) is 10.6 Å². The van der Waals surface area contributed by atoms with E-state index in [1.807, 2.05) is 30.3 Å². The van der Waals surface area contributed by atoms with Gasteiger partial charge in [-0.25, -0.2) is 4.79 Å². The second-order valence-corrected chi connectivity index (χ2v) is 3.82. The number of aromatic amines is 1. The number of benzene rings is 1. The van der Waals surface area contributed by atoms with Crippen LogP contribution in [0, 0.1) is 6.92 Å². The van der Waals surface area contributed by atoms with Gasteiger partial charge in [0.1, 0.15) is 6.61 Å². The van der Waals surface area contributed by atoms with Crippen molar-refractivity contribution in [2.45, 2.75) is 13.5 Å². The van der Waals surface area contributed by atoms with Gasteiger partial charge in [0.2, 0.25) is 0 Å². The molecule has 2 aromatic rings. The van der Waals surface area contributed by atoms with Gasteiger partial charge in [-0.15, -0.1) is 4.73 Å². The number of nitrogens with zero attached hydrogens (tertiary/aromatic N) is 1. The third kappa shape index (κ3) is 2.27. The number of nitrogen functional groups attached to an aromatic ring is 1. The second-order valence-electron chi connectivity index (χ2n) is 3.82. The summed E-state index contributed by atoms with van der Waals surface area (Å²) < 4.78 is 0.893. The van der Waals surface area contributed by atoms with E-state index in [9.17, 15) is 9.59 Å². The molecule has 0 amide bonds. The molecule has 0 aliphatic rings. The summed E-state index contributed by atoms with van der Waals surface area (Å²) in [6.45, 7) is 1.71. The number of anilines is 1. The molecule has 1 heterocycles. The fourth-order valence-electron chi connectivity index (χ4n) is 1.46. The Morgan fingerprint density at radius 2 is 1.94 bits per heavy atom. The Balaban J connectivity index is 2.28. The zero-order valence-electron chi connectivity index (χ0n) is 9.84. The molecule has 0 bridgehead atoms. The summed E-state index contributed by atoms with van der Waals surface area (Å²) in [5, 5.41) is 0. The zero-order valence-corrected chi connectivity index (χ0v) is 9.84. The van der Waals surface area contributed by atoms with Crippen LogP contribution in [0.4, 0.5) is 5.82 Å². The van der Waals surface area contributed by atoms with Crippen molar-refractivity contribution in [2.24, 2.45) is 0 Å². The van der Waals surface area contributed by atoms with Crippen LogP contribution in [0.5, 0.6) is 0 Å². The molecular formula is C12H13N3O3. The van der Waals surface area contributed by atoms with Crippen LogP contribution < -0.4 is 21.8 Å². The predicted molar refractivity (Wildman–Crippen MR) is 67.2 cm³/mol. The van der Waals surface area contributed by atoms with Crippen LogP contribution in [-0.4, -0.2) is 9.71 Å². The Bertz CT molecular complexity index is 659. The Morgan fingerprint density at radius 3 is 2.61 bits per heavy atom. The van der Waals surface area contributed by atoms with E-state index in [1.165, 1.54) is 6.92 Å². The summed E-state index contributed by atoms with van der Waals surface area (Å²) in [5.41, 5.74) is 5.63. The molecular weight excluding hydrogens is 234 g/mol. The smallest absolute Gasteiger partial charge is 0.363 e. The maximum absolute atomic E-state index is 11.5. The fourth-order valence-corrected chi connectivity index (χ4v) is 1.46. The van der Waals surface area contributed by atoms with Gasteiger partial charge in [0.15, 0.2) is 5.82 Å². The van der Waals surface area contributed by atoms with E-state index in [-0.39, 0.29) is 18.0 Å². The Labute approximate surface area is 103 Å². The molecule has 94 valence electrons. The third-order valence-electron chi connectivity index (χ3n) is 2.55. The molecule has 0 aliphatic carbocycles. The molecule has 0 fully saturated rings. The topological polar surface area (TPSA) is 90.1 Å². The first-order chi connectivity index (χ1) is 8.59. The van der Waals surface area contributed by atoms with Gasteiger partial charge >= 0.3 is 5.69 Å². The molecule has 1 aromatic heterocycles. The first-order valence-corrected chi connectivity index (χ1v) is 5.38. The number of nitrogens with two attached hydrogens (primary N) is 1. The van der Waals surface area contributed by atoms with E-state index >= 15 is 0 Å². The van der Waals surface area contributed by atoms with Gasteiger partial charge in [-0.2, -0.15) is 0 Å². The number of hydrogen-bond donors (Lipinski definition) is 2. The first kappa shape index (κ1) is 12.0. The van der Waals surface area contributed by atoms with Gasteiger partial charge in [-0.3, -0.25) is 9.78 Å². The lowest BCUT2D eigenvalue weighted by Gasteiger charge is -2.11. The average molecular weight is 247 g/mol. The highest BCUT2D eigenvalue weighted by Crippen LogP contribution is 2.02. The molecule has 2 rings (SSSR count). The summed E-state index contributed by atoms with van der Waals surface area (Å²) in [6, 6.07) is 9.33. The van der Waals surface area contributed by atoms with Gasteiger partial charge in [0.25, 0.3) is 5.56 Å². The van der Waals surface area contributed by atoms with Crippen LogP contribution >= 0.6 is 0 Å². The number of nitrogens with one attached hydrogen (secondary N) is 1. The standard InChI is InChI=1S/C12H13N3O3/c1-8-10(13)15(12(17)14-11(8)16)18-7-9-5-3-2-4-6-9/h2-6H,7,13H2,1H3,(H,14,16,17). The van der Waals surface area contributed by atoms with Crippen LogP contribution in [0.25, 0.3) is 0 Å². The number of H-pyrrole nitrogens is 1. The highest BCUT2D eigenvalue weighted by atomic mass is 16.7. The van der Waals surface area contributed by atoms with E-state index in [1.54, 1.807) is 0 Å². The highest BCUT2D eigenvalue weighted by molar-refractivity contribution is 5.36. The maximum atomic E-state index is 11.5. The van der Waals surface area contributed by atoms with Crippen molar-refractivity contribution in [3.63, 3.8) is 0 Å². The molecule has 0 saturated carbocycles. The molecule has 0 radical (unpaired) electrons. The van der Waals surface area contributed by atoms with Crippen LogP contribution in [0.15, 0.2) is 39.9 Å². The van der Waals surface area contributed by atoms with Gasteiger partial charge in [-0.1, -0.05) is 30.3 Å². The molecule has 0 aliphatic heterocycles. The summed E-state index contributed by atoms with van der Waals surface area (Å²) in [7, 11) is 0. The molecule has 18 heavy (non-hydrogen) atoms. The monoisotopic (exact) mass is 247 g/mol. The minimum Gasteiger partial charge on any atom is -0.403 e. The SMILES string of the molecule is Cc1c(N)n(OCc2ccccc2)c(=O)[nH]c1=O. The molecule has 6 nitrogen and oxygen atoms in total. The number of aromatic nitrogens is 2. The normalized spacial score (nSPS) is 10.3.